The highest BCUT2D eigenvalue weighted by Crippen LogP contribution is 2.14. The van der Waals surface area contributed by atoms with E-state index in [1.807, 2.05) is 0 Å². The van der Waals surface area contributed by atoms with Gasteiger partial charge >= 0.3 is 0 Å². The van der Waals surface area contributed by atoms with Crippen LogP contribution in [0.5, 0.6) is 0 Å². The molecule has 0 spiro atoms. The maximum Gasteiger partial charge on any atom is 0.277 e. The molecule has 0 fully saturated rings. The Balaban J connectivity index is 2.14. The van der Waals surface area contributed by atoms with Crippen LogP contribution in [0.1, 0.15) is 12.8 Å². The van der Waals surface area contributed by atoms with Crippen LogP contribution in [0.3, 0.4) is 0 Å². The van der Waals surface area contributed by atoms with Crippen molar-refractivity contribution in [3.8, 4) is 0 Å². The molecule has 1 aromatic rings. The van der Waals surface area contributed by atoms with Crippen molar-refractivity contribution in [2.45, 2.75) is 18.7 Å². The Kier molecular flexibility index (Phi) is 6.15. The van der Waals surface area contributed by atoms with Crippen LogP contribution in [0.2, 0.25) is 0 Å². The summed E-state index contributed by atoms with van der Waals surface area (Å²) in [5, 5.41) is 12.9. The first kappa shape index (κ1) is 14.5. The van der Waals surface area contributed by atoms with Crippen LogP contribution >= 0.6 is 11.8 Å². The molecule has 1 heterocycles. The Morgan fingerprint density at radius 1 is 1.33 bits per heavy atom. The molecule has 1 aromatic heterocycles. The topological polar surface area (TPSA) is 123 Å². The fraction of sp³-hybridized carbons (Fsp3) is 0.556. The van der Waals surface area contributed by atoms with Gasteiger partial charge in [-0.05, 0) is 0 Å². The highest BCUT2D eigenvalue weighted by atomic mass is 32.2. The molecule has 0 radical (unpaired) electrons. The van der Waals surface area contributed by atoms with Crippen LogP contribution in [0.25, 0.3) is 0 Å². The molecular weight excluding hydrogens is 258 g/mol. The van der Waals surface area contributed by atoms with Gasteiger partial charge in [-0.25, -0.2) is 0 Å². The van der Waals surface area contributed by atoms with Gasteiger partial charge in [-0.15, -0.1) is 10.2 Å². The Labute approximate surface area is 108 Å². The third-order valence-electron chi connectivity index (χ3n) is 1.77. The average Bonchev–Trinajstić information content (AvgIpc) is 2.80. The Bertz CT molecular complexity index is 409. The van der Waals surface area contributed by atoms with E-state index >= 15 is 0 Å². The van der Waals surface area contributed by atoms with Gasteiger partial charge in [0.15, 0.2) is 0 Å². The lowest BCUT2D eigenvalue weighted by Gasteiger charge is -2.04. The molecule has 0 bridgehead atoms. The van der Waals surface area contributed by atoms with E-state index in [9.17, 15) is 9.59 Å². The van der Waals surface area contributed by atoms with Gasteiger partial charge < -0.3 is 20.8 Å². The van der Waals surface area contributed by atoms with E-state index in [1.54, 1.807) is 0 Å². The summed E-state index contributed by atoms with van der Waals surface area (Å²) in [5.41, 5.74) is 5.31. The number of nitrogens with zero attached hydrogens (tertiary/aromatic N) is 2. The molecule has 1 rings (SSSR count). The molecule has 9 heteroatoms. The molecule has 2 amide bonds. The predicted molar refractivity (Wildman–Crippen MR) is 64.6 cm³/mol. The lowest BCUT2D eigenvalue weighted by molar-refractivity contribution is -0.120. The molecule has 0 saturated carbocycles. The molecule has 0 aliphatic carbocycles. The summed E-state index contributed by atoms with van der Waals surface area (Å²) in [6, 6.07) is 0. The van der Waals surface area contributed by atoms with E-state index in [0.717, 1.165) is 11.8 Å². The Morgan fingerprint density at radius 2 is 2.06 bits per heavy atom. The van der Waals surface area contributed by atoms with Crippen LogP contribution in [0, 0.1) is 0 Å². The van der Waals surface area contributed by atoms with Gasteiger partial charge in [0, 0.05) is 20.0 Å². The van der Waals surface area contributed by atoms with E-state index in [2.05, 4.69) is 20.8 Å². The molecule has 0 atom stereocenters. The van der Waals surface area contributed by atoms with Crippen LogP contribution < -0.4 is 16.4 Å². The number of aromatic nitrogens is 2. The van der Waals surface area contributed by atoms with Crippen molar-refractivity contribution in [1.82, 2.24) is 20.8 Å². The van der Waals surface area contributed by atoms with Crippen molar-refractivity contribution in [3.63, 3.8) is 0 Å². The molecule has 0 aliphatic rings. The van der Waals surface area contributed by atoms with Gasteiger partial charge in [0.1, 0.15) is 0 Å². The zero-order chi connectivity index (χ0) is 13.4. The smallest absolute Gasteiger partial charge is 0.277 e. The average molecular weight is 273 g/mol. The monoisotopic (exact) mass is 273 g/mol. The van der Waals surface area contributed by atoms with Crippen molar-refractivity contribution in [2.24, 2.45) is 5.73 Å². The number of carbonyl (C=O) groups is 2. The number of rotatable bonds is 7. The summed E-state index contributed by atoms with van der Waals surface area (Å²) in [5.74, 6) is 0.215. The van der Waals surface area contributed by atoms with Crippen molar-refractivity contribution in [2.75, 3.05) is 18.8 Å². The summed E-state index contributed by atoms with van der Waals surface area (Å²) in [7, 11) is 0. The Morgan fingerprint density at radius 3 is 2.67 bits per heavy atom. The van der Waals surface area contributed by atoms with E-state index in [4.69, 9.17) is 10.2 Å². The zero-order valence-electron chi connectivity index (χ0n) is 9.93. The van der Waals surface area contributed by atoms with Gasteiger partial charge in [0.2, 0.25) is 17.7 Å². The third-order valence-corrected chi connectivity index (χ3v) is 2.59. The van der Waals surface area contributed by atoms with Crippen molar-refractivity contribution >= 4 is 23.6 Å². The van der Waals surface area contributed by atoms with Crippen LogP contribution in [-0.4, -0.2) is 40.9 Å². The quantitative estimate of drug-likeness (QED) is 0.424. The number of thioether (sulfide) groups is 1. The van der Waals surface area contributed by atoms with Crippen molar-refractivity contribution < 1.29 is 14.0 Å². The summed E-state index contributed by atoms with van der Waals surface area (Å²) in [6.45, 7) is 2.39. The number of hydrogen-bond acceptors (Lipinski definition) is 7. The van der Waals surface area contributed by atoms with Crippen LogP contribution in [0.15, 0.2) is 9.64 Å². The van der Waals surface area contributed by atoms with E-state index in [-0.39, 0.29) is 24.1 Å². The zero-order valence-corrected chi connectivity index (χ0v) is 10.7. The minimum Gasteiger partial charge on any atom is -0.415 e. The fourth-order valence-corrected chi connectivity index (χ4v) is 1.61. The van der Waals surface area contributed by atoms with Crippen LogP contribution in [-0.2, 0) is 16.1 Å². The van der Waals surface area contributed by atoms with E-state index in [0.29, 0.717) is 24.2 Å². The second kappa shape index (κ2) is 7.67. The molecule has 18 heavy (non-hydrogen) atoms. The molecule has 0 saturated heterocycles. The number of nitrogens with two attached hydrogens (primary N) is 1. The second-order valence-electron chi connectivity index (χ2n) is 3.29. The molecule has 100 valence electrons. The molecular formula is C9H15N5O3S. The summed E-state index contributed by atoms with van der Waals surface area (Å²) >= 11 is 1.13. The number of nitrogens with one attached hydrogen (secondary N) is 2. The number of carbonyl (C=O) groups excluding carboxylic acids is 2. The lowest BCUT2D eigenvalue weighted by atomic mass is 10.5. The van der Waals surface area contributed by atoms with E-state index < -0.39 is 0 Å². The minimum absolute atomic E-state index is 0.126. The maximum atomic E-state index is 11.4. The van der Waals surface area contributed by atoms with Crippen LogP contribution in [0.4, 0.5) is 0 Å². The fourth-order valence-electron chi connectivity index (χ4n) is 0.998. The standard InChI is InChI=1S/C9H15N5O3S/c1-6(15)11-2-3-12-7(16)5-18-9-14-13-8(4-10)17-9/h2-5,10H2,1H3,(H,11,15)(H,12,16). The highest BCUT2D eigenvalue weighted by Gasteiger charge is 2.08. The largest absolute Gasteiger partial charge is 0.415 e. The molecule has 8 nitrogen and oxygen atoms in total. The van der Waals surface area contributed by atoms with E-state index in [1.165, 1.54) is 6.92 Å². The second-order valence-corrected chi connectivity index (χ2v) is 4.21. The normalized spacial score (nSPS) is 10.1. The van der Waals surface area contributed by atoms with Gasteiger partial charge in [-0.2, -0.15) is 0 Å². The molecule has 0 unspecified atom stereocenters. The van der Waals surface area contributed by atoms with Gasteiger partial charge in [-0.1, -0.05) is 11.8 Å². The first-order chi connectivity index (χ1) is 8.61. The Hall–Kier alpha value is -1.61. The van der Waals surface area contributed by atoms with Crippen molar-refractivity contribution in [3.05, 3.63) is 5.89 Å². The maximum absolute atomic E-state index is 11.4. The first-order valence-electron chi connectivity index (χ1n) is 5.28. The first-order valence-corrected chi connectivity index (χ1v) is 6.26. The minimum atomic E-state index is -0.169. The predicted octanol–water partition coefficient (Wildman–Crippen LogP) is -1.13. The summed E-state index contributed by atoms with van der Waals surface area (Å²) in [4.78, 5) is 21.9. The summed E-state index contributed by atoms with van der Waals surface area (Å²) in [6.07, 6.45) is 0. The SMILES string of the molecule is CC(=O)NCCNC(=O)CSc1nnc(CN)o1. The number of hydrogen-bond donors (Lipinski definition) is 3. The highest BCUT2D eigenvalue weighted by molar-refractivity contribution is 7.99. The molecule has 0 aliphatic heterocycles. The molecule has 4 N–H and O–H groups in total. The third kappa shape index (κ3) is 5.64. The van der Waals surface area contributed by atoms with Gasteiger partial charge in [-0.3, -0.25) is 9.59 Å². The molecule has 0 aromatic carbocycles. The van der Waals surface area contributed by atoms with Crippen molar-refractivity contribution in [1.29, 1.82) is 0 Å². The van der Waals surface area contributed by atoms with Gasteiger partial charge in [0.25, 0.3) is 5.22 Å². The van der Waals surface area contributed by atoms with Gasteiger partial charge in [0.05, 0.1) is 12.3 Å². The lowest BCUT2D eigenvalue weighted by Crippen LogP contribution is -2.34. The summed E-state index contributed by atoms with van der Waals surface area (Å²) < 4.78 is 5.12. The number of amides is 2.